The second-order valence-corrected chi connectivity index (χ2v) is 11.3. The third kappa shape index (κ3) is 7.99. The van der Waals surface area contributed by atoms with Crippen molar-refractivity contribution in [3.63, 3.8) is 0 Å². The van der Waals surface area contributed by atoms with Gasteiger partial charge < -0.3 is 19.7 Å². The maximum Gasteiger partial charge on any atom is 0.322 e. The molecule has 0 spiro atoms. The van der Waals surface area contributed by atoms with Crippen LogP contribution in [0.1, 0.15) is 42.0 Å². The summed E-state index contributed by atoms with van der Waals surface area (Å²) in [5.41, 5.74) is 1.85. The molecule has 0 fully saturated rings. The van der Waals surface area contributed by atoms with Crippen LogP contribution in [-0.4, -0.2) is 42.0 Å². The van der Waals surface area contributed by atoms with Crippen LogP contribution in [0.25, 0.3) is 0 Å². The molecule has 0 amide bonds. The SMILES string of the molecule is CCC(C(=N)C(=O)Cc1ccc(COc2ccccc2)cc1)c1coc(CC(NS(=O)(=O)c2ccccc2)C(=O)O)n1. The molecule has 42 heavy (non-hydrogen) atoms. The predicted octanol–water partition coefficient (Wildman–Crippen LogP) is 4.55. The van der Waals surface area contributed by atoms with Gasteiger partial charge in [0.05, 0.1) is 22.7 Å². The molecule has 2 atom stereocenters. The zero-order valence-corrected chi connectivity index (χ0v) is 23.7. The van der Waals surface area contributed by atoms with Crippen LogP contribution >= 0.6 is 0 Å². The first kappa shape index (κ1) is 30.4. The Morgan fingerprint density at radius 3 is 2.21 bits per heavy atom. The first-order valence-electron chi connectivity index (χ1n) is 13.3. The molecule has 3 N–H and O–H groups in total. The summed E-state index contributed by atoms with van der Waals surface area (Å²) in [5, 5.41) is 18.2. The van der Waals surface area contributed by atoms with Gasteiger partial charge in [0, 0.05) is 12.3 Å². The molecule has 0 aliphatic carbocycles. The summed E-state index contributed by atoms with van der Waals surface area (Å²) in [6.07, 6.45) is 1.33. The van der Waals surface area contributed by atoms with E-state index < -0.39 is 28.0 Å². The van der Waals surface area contributed by atoms with Crippen LogP contribution in [0.15, 0.2) is 101 Å². The first-order valence-corrected chi connectivity index (χ1v) is 14.8. The molecule has 0 radical (unpaired) electrons. The molecule has 0 saturated heterocycles. The molecule has 4 rings (SSSR count). The summed E-state index contributed by atoms with van der Waals surface area (Å²) in [6.45, 7) is 2.19. The van der Waals surface area contributed by atoms with Crippen LogP contribution in [0.3, 0.4) is 0 Å². The Labute approximate surface area is 243 Å². The molecule has 10 nitrogen and oxygen atoms in total. The number of nitrogens with zero attached hydrogens (tertiary/aromatic N) is 1. The van der Waals surface area contributed by atoms with Crippen molar-refractivity contribution in [3.05, 3.63) is 114 Å². The Hall–Kier alpha value is -4.61. The molecule has 4 aromatic rings. The zero-order chi connectivity index (χ0) is 30.1. The molecule has 0 aliphatic heterocycles. The van der Waals surface area contributed by atoms with Crippen molar-refractivity contribution in [2.24, 2.45) is 0 Å². The smallest absolute Gasteiger partial charge is 0.322 e. The number of carboxylic acid groups (broad SMARTS) is 1. The van der Waals surface area contributed by atoms with E-state index >= 15 is 0 Å². The molecule has 3 aromatic carbocycles. The van der Waals surface area contributed by atoms with E-state index in [9.17, 15) is 23.1 Å². The van der Waals surface area contributed by atoms with E-state index in [1.807, 2.05) is 54.6 Å². The van der Waals surface area contributed by atoms with Gasteiger partial charge in [-0.15, -0.1) is 0 Å². The van der Waals surface area contributed by atoms with Crippen molar-refractivity contribution in [3.8, 4) is 5.75 Å². The molecule has 11 heteroatoms. The number of carbonyl (C=O) groups excluding carboxylic acids is 1. The largest absolute Gasteiger partial charge is 0.489 e. The maximum absolute atomic E-state index is 13.0. The van der Waals surface area contributed by atoms with Crippen molar-refractivity contribution < 1.29 is 32.3 Å². The number of benzene rings is 3. The number of oxazole rings is 1. The molecule has 1 aromatic heterocycles. The third-order valence-electron chi connectivity index (χ3n) is 6.55. The van der Waals surface area contributed by atoms with Crippen LogP contribution in [-0.2, 0) is 39.1 Å². The van der Waals surface area contributed by atoms with Crippen LogP contribution in [0.5, 0.6) is 5.75 Å². The van der Waals surface area contributed by atoms with Gasteiger partial charge in [-0.25, -0.2) is 13.4 Å². The Morgan fingerprint density at radius 1 is 0.976 bits per heavy atom. The number of para-hydroxylation sites is 1. The molecule has 0 aliphatic rings. The standard InChI is InChI=1S/C31H31N3O7S/c1-2-25(30(32)28(35)17-21-13-15-22(16-14-21)19-40-23-9-5-3-6-10-23)27-20-41-29(33-27)18-26(31(36)37)34-42(38,39)24-11-7-4-8-12-24/h3-16,20,25-26,32,34H,2,17-19H2,1H3,(H,36,37). The molecule has 0 saturated carbocycles. The molecular weight excluding hydrogens is 558 g/mol. The second kappa shape index (κ2) is 13.8. The highest BCUT2D eigenvalue weighted by Crippen LogP contribution is 2.23. The van der Waals surface area contributed by atoms with Crippen molar-refractivity contribution in [2.45, 2.75) is 49.6 Å². The number of hydrogen-bond acceptors (Lipinski definition) is 8. The summed E-state index contributed by atoms with van der Waals surface area (Å²) in [6, 6.07) is 22.7. The van der Waals surface area contributed by atoms with Gasteiger partial charge in [0.15, 0.2) is 11.7 Å². The highest BCUT2D eigenvalue weighted by atomic mass is 32.2. The van der Waals surface area contributed by atoms with Crippen LogP contribution in [0.2, 0.25) is 0 Å². The lowest BCUT2D eigenvalue weighted by Gasteiger charge is -2.14. The molecule has 1 heterocycles. The summed E-state index contributed by atoms with van der Waals surface area (Å²) < 4.78 is 38.6. The van der Waals surface area contributed by atoms with Crippen molar-refractivity contribution >= 4 is 27.5 Å². The quantitative estimate of drug-likeness (QED) is 0.170. The highest BCUT2D eigenvalue weighted by molar-refractivity contribution is 7.89. The number of ether oxygens (including phenoxy) is 1. The van der Waals surface area contributed by atoms with E-state index in [-0.39, 0.29) is 35.1 Å². The molecular formula is C31H31N3O7S. The van der Waals surface area contributed by atoms with Gasteiger partial charge in [-0.2, -0.15) is 4.72 Å². The number of ketones is 1. The van der Waals surface area contributed by atoms with Crippen LogP contribution in [0.4, 0.5) is 0 Å². The summed E-state index contributed by atoms with van der Waals surface area (Å²) in [4.78, 5) is 29.0. The number of aliphatic carboxylic acids is 1. The van der Waals surface area contributed by atoms with E-state index in [1.54, 1.807) is 13.0 Å². The summed E-state index contributed by atoms with van der Waals surface area (Å²) in [7, 11) is -4.10. The fourth-order valence-corrected chi connectivity index (χ4v) is 5.47. The number of Topliss-reactive ketones (excluding diaryl/α,β-unsaturated/α-hetero) is 1. The van der Waals surface area contributed by atoms with Gasteiger partial charge >= 0.3 is 5.97 Å². The van der Waals surface area contributed by atoms with E-state index in [0.717, 1.165) is 16.9 Å². The van der Waals surface area contributed by atoms with E-state index in [2.05, 4.69) is 9.71 Å². The lowest BCUT2D eigenvalue weighted by Crippen LogP contribution is -2.42. The van der Waals surface area contributed by atoms with E-state index in [0.29, 0.717) is 18.7 Å². The third-order valence-corrected chi connectivity index (χ3v) is 8.04. The Kier molecular flexibility index (Phi) is 10.00. The second-order valence-electron chi connectivity index (χ2n) is 9.59. The van der Waals surface area contributed by atoms with Gasteiger partial charge in [0.25, 0.3) is 0 Å². The minimum atomic E-state index is -4.10. The Morgan fingerprint density at radius 2 is 1.60 bits per heavy atom. The normalized spacial score (nSPS) is 12.8. The summed E-state index contributed by atoms with van der Waals surface area (Å²) in [5.74, 6) is -1.71. The molecule has 218 valence electrons. The number of rotatable bonds is 15. The Bertz CT molecular complexity index is 1620. The van der Waals surface area contributed by atoms with E-state index in [1.165, 1.54) is 30.5 Å². The lowest BCUT2D eigenvalue weighted by atomic mass is 9.91. The number of sulfonamides is 1. The fraction of sp³-hybridized carbons (Fsp3) is 0.226. The minimum Gasteiger partial charge on any atom is -0.489 e. The summed E-state index contributed by atoms with van der Waals surface area (Å²) >= 11 is 0. The van der Waals surface area contributed by atoms with Gasteiger partial charge in [0.2, 0.25) is 10.0 Å². The average molecular weight is 590 g/mol. The number of nitrogens with one attached hydrogen (secondary N) is 2. The minimum absolute atomic E-state index is 0.0276. The Balaban J connectivity index is 1.36. The van der Waals surface area contributed by atoms with Crippen LogP contribution in [0, 0.1) is 5.41 Å². The zero-order valence-electron chi connectivity index (χ0n) is 22.9. The molecule has 0 bridgehead atoms. The highest BCUT2D eigenvalue weighted by Gasteiger charge is 2.29. The number of carbonyl (C=O) groups is 2. The number of aromatic nitrogens is 1. The van der Waals surface area contributed by atoms with Gasteiger partial charge in [-0.3, -0.25) is 9.59 Å². The van der Waals surface area contributed by atoms with Gasteiger partial charge in [0.1, 0.15) is 24.7 Å². The van der Waals surface area contributed by atoms with E-state index in [4.69, 9.17) is 14.6 Å². The van der Waals surface area contributed by atoms with Gasteiger partial charge in [-0.1, -0.05) is 67.6 Å². The average Bonchev–Trinajstić information content (AvgIpc) is 3.45. The maximum atomic E-state index is 13.0. The number of hydrogen-bond donors (Lipinski definition) is 3. The topological polar surface area (TPSA) is 160 Å². The van der Waals surface area contributed by atoms with Crippen molar-refractivity contribution in [2.75, 3.05) is 0 Å². The van der Waals surface area contributed by atoms with Gasteiger partial charge in [-0.05, 0) is 41.8 Å². The van der Waals surface area contributed by atoms with Crippen molar-refractivity contribution in [1.29, 1.82) is 5.41 Å². The fourth-order valence-electron chi connectivity index (χ4n) is 4.26. The number of carboxylic acids is 1. The predicted molar refractivity (Wildman–Crippen MR) is 155 cm³/mol. The first-order chi connectivity index (χ1) is 20.2. The lowest BCUT2D eigenvalue weighted by molar-refractivity contribution is -0.139. The van der Waals surface area contributed by atoms with Crippen LogP contribution < -0.4 is 9.46 Å². The van der Waals surface area contributed by atoms with Crippen molar-refractivity contribution in [1.82, 2.24) is 9.71 Å². The molecule has 2 unspecified atom stereocenters. The monoisotopic (exact) mass is 589 g/mol.